The third-order valence-corrected chi connectivity index (χ3v) is 2.66. The smallest absolute Gasteiger partial charge is 0.144 e. The lowest BCUT2D eigenvalue weighted by molar-refractivity contribution is 0.639. The van der Waals surface area contributed by atoms with Crippen LogP contribution in [0.5, 0.6) is 0 Å². The normalized spacial score (nSPS) is 11.4. The molecule has 0 amide bonds. The lowest BCUT2D eigenvalue weighted by atomic mass is 10.2. The van der Waals surface area contributed by atoms with Gasteiger partial charge in [-0.15, -0.1) is 0 Å². The Morgan fingerprint density at radius 3 is 2.94 bits per heavy atom. The van der Waals surface area contributed by atoms with Crippen LogP contribution in [0.1, 0.15) is 5.69 Å². The van der Waals surface area contributed by atoms with Crippen LogP contribution in [-0.2, 0) is 0 Å². The van der Waals surface area contributed by atoms with E-state index in [0.717, 1.165) is 11.2 Å². The van der Waals surface area contributed by atoms with Crippen LogP contribution in [0.3, 0.4) is 0 Å². The van der Waals surface area contributed by atoms with E-state index < -0.39 is 5.82 Å². The highest BCUT2D eigenvalue weighted by Crippen LogP contribution is 2.26. The van der Waals surface area contributed by atoms with Gasteiger partial charge >= 0.3 is 0 Å². The van der Waals surface area contributed by atoms with Crippen LogP contribution in [0.4, 0.5) is 4.39 Å². The molecule has 0 aliphatic heterocycles. The van der Waals surface area contributed by atoms with Crippen LogP contribution in [-0.4, -0.2) is 15.0 Å². The Bertz CT molecular complexity index is 705. The summed E-state index contributed by atoms with van der Waals surface area (Å²) in [5.74, 6) is -0.403. The fraction of sp³-hybridized carbons (Fsp3) is 0.0909. The summed E-state index contributed by atoms with van der Waals surface area (Å²) in [6.07, 6.45) is 0. The molecule has 1 N–H and O–H groups in total. The van der Waals surface area contributed by atoms with Gasteiger partial charge in [0, 0.05) is 11.8 Å². The number of pyridine rings is 2. The average molecular weight is 236 g/mol. The first-order chi connectivity index (χ1) is 7.65. The minimum Gasteiger partial charge on any atom is -0.338 e. The number of aromatic nitrogens is 3. The number of H-pyrrole nitrogens is 1. The molecule has 3 rings (SSSR count). The molecule has 0 fully saturated rings. The number of hydrogen-bond donors (Lipinski definition) is 1. The van der Waals surface area contributed by atoms with E-state index in [1.807, 2.05) is 19.1 Å². The van der Waals surface area contributed by atoms with Crippen molar-refractivity contribution in [2.75, 3.05) is 0 Å². The predicted molar refractivity (Wildman–Crippen MR) is 61.1 cm³/mol. The maximum atomic E-state index is 13.8. The fourth-order valence-electron chi connectivity index (χ4n) is 1.78. The number of hydrogen-bond acceptors (Lipinski definition) is 2. The summed E-state index contributed by atoms with van der Waals surface area (Å²) in [5, 5.41) is 0.524. The van der Waals surface area contributed by atoms with E-state index in [-0.39, 0.29) is 5.15 Å². The molecule has 5 heteroatoms. The van der Waals surface area contributed by atoms with E-state index in [2.05, 4.69) is 15.0 Å². The van der Waals surface area contributed by atoms with Gasteiger partial charge in [0.05, 0.1) is 10.9 Å². The molecule has 80 valence electrons. The summed E-state index contributed by atoms with van der Waals surface area (Å²) < 4.78 is 13.8. The number of rotatable bonds is 0. The molecule has 0 aliphatic rings. The molecule has 3 aromatic heterocycles. The lowest BCUT2D eigenvalue weighted by Crippen LogP contribution is -1.84. The Morgan fingerprint density at radius 2 is 2.12 bits per heavy atom. The summed E-state index contributed by atoms with van der Waals surface area (Å²) in [4.78, 5) is 11.3. The van der Waals surface area contributed by atoms with Crippen molar-refractivity contribution >= 4 is 33.7 Å². The van der Waals surface area contributed by atoms with Crippen molar-refractivity contribution < 1.29 is 4.39 Å². The Labute approximate surface area is 95.3 Å². The monoisotopic (exact) mass is 235 g/mol. The van der Waals surface area contributed by atoms with E-state index in [4.69, 9.17) is 11.6 Å². The topological polar surface area (TPSA) is 41.6 Å². The molecular weight excluding hydrogens is 229 g/mol. The highest BCUT2D eigenvalue weighted by atomic mass is 35.5. The molecule has 0 saturated carbocycles. The van der Waals surface area contributed by atoms with Crippen molar-refractivity contribution in [2.24, 2.45) is 0 Å². The van der Waals surface area contributed by atoms with Crippen LogP contribution >= 0.6 is 11.6 Å². The quantitative estimate of drug-likeness (QED) is 0.608. The van der Waals surface area contributed by atoms with Crippen LogP contribution < -0.4 is 0 Å². The van der Waals surface area contributed by atoms with Gasteiger partial charge in [-0.2, -0.15) is 0 Å². The van der Waals surface area contributed by atoms with E-state index in [0.29, 0.717) is 16.6 Å². The number of nitrogens with zero attached hydrogens (tertiary/aromatic N) is 2. The third-order valence-electron chi connectivity index (χ3n) is 2.46. The van der Waals surface area contributed by atoms with Crippen molar-refractivity contribution in [1.29, 1.82) is 0 Å². The zero-order valence-corrected chi connectivity index (χ0v) is 9.14. The standard InChI is InChI=1S/C11H7ClFN3/c1-5-2-3-7-10(14-5)9-6(13)4-8(12)16-11(9)15-7/h2-4H,1H3,(H,15,16). The van der Waals surface area contributed by atoms with Gasteiger partial charge in [-0.3, -0.25) is 4.98 Å². The molecule has 0 bridgehead atoms. The zero-order chi connectivity index (χ0) is 11.3. The van der Waals surface area contributed by atoms with Crippen LogP contribution in [0.15, 0.2) is 18.2 Å². The number of fused-ring (bicyclic) bond motifs is 3. The maximum Gasteiger partial charge on any atom is 0.144 e. The lowest BCUT2D eigenvalue weighted by Gasteiger charge is -1.94. The molecule has 0 aliphatic carbocycles. The molecule has 0 atom stereocenters. The van der Waals surface area contributed by atoms with Crippen molar-refractivity contribution in [2.45, 2.75) is 6.92 Å². The molecular formula is C11H7ClFN3. The van der Waals surface area contributed by atoms with Gasteiger partial charge in [-0.05, 0) is 19.1 Å². The summed E-state index contributed by atoms with van der Waals surface area (Å²) in [6, 6.07) is 4.91. The Morgan fingerprint density at radius 1 is 1.31 bits per heavy atom. The molecule has 3 aromatic rings. The molecule has 3 nitrogen and oxygen atoms in total. The van der Waals surface area contributed by atoms with Crippen LogP contribution in [0.25, 0.3) is 22.1 Å². The Kier molecular flexibility index (Phi) is 1.88. The van der Waals surface area contributed by atoms with Gasteiger partial charge < -0.3 is 4.98 Å². The molecule has 0 saturated heterocycles. The second-order valence-electron chi connectivity index (χ2n) is 3.62. The summed E-state index contributed by atoms with van der Waals surface area (Å²) in [6.45, 7) is 1.86. The molecule has 0 aromatic carbocycles. The van der Waals surface area contributed by atoms with E-state index in [9.17, 15) is 4.39 Å². The first-order valence-electron chi connectivity index (χ1n) is 4.76. The Hall–Kier alpha value is -1.68. The number of nitrogens with one attached hydrogen (secondary N) is 1. The van der Waals surface area contributed by atoms with Gasteiger partial charge in [0.25, 0.3) is 0 Å². The van der Waals surface area contributed by atoms with Crippen molar-refractivity contribution in [3.8, 4) is 0 Å². The first kappa shape index (κ1) is 9.54. The van der Waals surface area contributed by atoms with Crippen LogP contribution in [0, 0.1) is 12.7 Å². The molecule has 0 radical (unpaired) electrons. The van der Waals surface area contributed by atoms with Gasteiger partial charge in [-0.1, -0.05) is 11.6 Å². The van der Waals surface area contributed by atoms with Crippen molar-refractivity contribution in [3.63, 3.8) is 0 Å². The predicted octanol–water partition coefficient (Wildman–Crippen LogP) is 3.21. The summed E-state index contributed by atoms with van der Waals surface area (Å²) in [5.41, 5.74) is 2.62. The van der Waals surface area contributed by atoms with Gasteiger partial charge in [0.2, 0.25) is 0 Å². The van der Waals surface area contributed by atoms with Gasteiger partial charge in [0.1, 0.15) is 22.1 Å². The Balaban J connectivity index is 2.57. The minimum atomic E-state index is -0.403. The van der Waals surface area contributed by atoms with E-state index in [1.165, 1.54) is 6.07 Å². The van der Waals surface area contributed by atoms with Crippen LogP contribution in [0.2, 0.25) is 5.15 Å². The number of halogens is 2. The third kappa shape index (κ3) is 1.27. The molecule has 0 unspecified atom stereocenters. The van der Waals surface area contributed by atoms with Gasteiger partial charge in [-0.25, -0.2) is 9.37 Å². The molecule has 0 spiro atoms. The van der Waals surface area contributed by atoms with E-state index in [1.54, 1.807) is 0 Å². The highest BCUT2D eigenvalue weighted by molar-refractivity contribution is 6.30. The second kappa shape index (κ2) is 3.15. The van der Waals surface area contributed by atoms with E-state index >= 15 is 0 Å². The fourth-order valence-corrected chi connectivity index (χ4v) is 1.96. The molecule has 16 heavy (non-hydrogen) atoms. The summed E-state index contributed by atoms with van der Waals surface area (Å²) in [7, 11) is 0. The molecule has 3 heterocycles. The zero-order valence-electron chi connectivity index (χ0n) is 8.38. The highest BCUT2D eigenvalue weighted by Gasteiger charge is 2.12. The largest absolute Gasteiger partial charge is 0.338 e. The summed E-state index contributed by atoms with van der Waals surface area (Å²) >= 11 is 5.69. The average Bonchev–Trinajstić information content (AvgIpc) is 2.54. The maximum absolute atomic E-state index is 13.8. The van der Waals surface area contributed by atoms with Crippen molar-refractivity contribution in [3.05, 3.63) is 34.9 Å². The SMILES string of the molecule is Cc1ccc2[nH]c3nc(Cl)cc(F)c3c2n1. The number of aromatic amines is 1. The van der Waals surface area contributed by atoms with Crippen molar-refractivity contribution in [1.82, 2.24) is 15.0 Å². The minimum absolute atomic E-state index is 0.133. The van der Waals surface area contributed by atoms with Gasteiger partial charge in [0.15, 0.2) is 0 Å². The first-order valence-corrected chi connectivity index (χ1v) is 5.14. The second-order valence-corrected chi connectivity index (χ2v) is 4.01. The number of aryl methyl sites for hydroxylation is 1.